The number of likely N-dealkylation sites (tertiary alicyclic amines) is 1. The standard InChI is InChI=1S/C20H25N9O2.ClH/c21-18-19(26-31-25-18)29-17(16(23-27-29)14-28-12-5-2-6-13-28)20(30)24-22-11-7-10-15-8-3-1-4-9-15;/h1,3-4,8-9,11H,2,5-7,10,12-14H2,(H2,21,25)(H,24,30);1H/b22-11+;. The Kier molecular flexibility index (Phi) is 8.28. The number of nitrogens with two attached hydrogens (primary N) is 1. The quantitative estimate of drug-likeness (QED) is 0.385. The molecule has 0 radical (unpaired) electrons. The van der Waals surface area contributed by atoms with Crippen molar-refractivity contribution in [2.45, 2.75) is 38.6 Å². The number of piperidine rings is 1. The average Bonchev–Trinajstić information content (AvgIpc) is 3.40. The normalized spacial score (nSPS) is 14.4. The van der Waals surface area contributed by atoms with E-state index in [2.05, 4.69) is 52.8 Å². The van der Waals surface area contributed by atoms with E-state index < -0.39 is 5.91 Å². The number of nitrogens with one attached hydrogen (secondary N) is 1. The van der Waals surface area contributed by atoms with Gasteiger partial charge in [0, 0.05) is 12.8 Å². The summed E-state index contributed by atoms with van der Waals surface area (Å²) in [4.78, 5) is 15.2. The number of hydrazone groups is 1. The van der Waals surface area contributed by atoms with Crippen molar-refractivity contribution in [2.75, 3.05) is 18.8 Å². The third kappa shape index (κ3) is 5.68. The maximum atomic E-state index is 13.0. The Morgan fingerprint density at radius 3 is 2.69 bits per heavy atom. The van der Waals surface area contributed by atoms with Crippen LogP contribution in [0, 0.1) is 0 Å². The van der Waals surface area contributed by atoms with Gasteiger partial charge in [-0.15, -0.1) is 17.5 Å². The molecule has 0 spiro atoms. The van der Waals surface area contributed by atoms with E-state index in [0.717, 1.165) is 32.4 Å². The molecule has 0 unspecified atom stereocenters. The van der Waals surface area contributed by atoms with Gasteiger partial charge < -0.3 is 5.73 Å². The largest absolute Gasteiger partial charge is 0.378 e. The summed E-state index contributed by atoms with van der Waals surface area (Å²) in [7, 11) is 0. The zero-order valence-electron chi connectivity index (χ0n) is 17.6. The molecule has 0 saturated carbocycles. The lowest BCUT2D eigenvalue weighted by atomic mass is 10.1. The molecule has 1 aliphatic rings. The first-order valence-electron chi connectivity index (χ1n) is 10.3. The molecule has 1 amide bonds. The van der Waals surface area contributed by atoms with Gasteiger partial charge in [0.15, 0.2) is 5.69 Å². The van der Waals surface area contributed by atoms with Crippen LogP contribution in [-0.4, -0.2) is 55.4 Å². The molecule has 11 nitrogen and oxygen atoms in total. The lowest BCUT2D eigenvalue weighted by Crippen LogP contribution is -2.31. The Morgan fingerprint density at radius 1 is 1.19 bits per heavy atom. The van der Waals surface area contributed by atoms with E-state index in [1.807, 2.05) is 18.2 Å². The molecule has 2 aromatic heterocycles. The zero-order chi connectivity index (χ0) is 21.5. The fourth-order valence-corrected chi connectivity index (χ4v) is 3.56. The predicted molar refractivity (Wildman–Crippen MR) is 121 cm³/mol. The van der Waals surface area contributed by atoms with Crippen LogP contribution in [0.3, 0.4) is 0 Å². The number of aromatic nitrogens is 5. The summed E-state index contributed by atoms with van der Waals surface area (Å²) in [5.41, 5.74) is 10.3. The molecular weight excluding hydrogens is 434 g/mol. The van der Waals surface area contributed by atoms with Crippen molar-refractivity contribution in [2.24, 2.45) is 5.10 Å². The maximum Gasteiger partial charge on any atom is 0.292 e. The minimum atomic E-state index is -0.449. The number of carbonyl (C=O) groups is 1. The Bertz CT molecular complexity index is 1030. The number of rotatable bonds is 8. The lowest BCUT2D eigenvalue weighted by Gasteiger charge is -2.25. The van der Waals surface area contributed by atoms with Crippen molar-refractivity contribution in [1.82, 2.24) is 35.6 Å². The van der Waals surface area contributed by atoms with Gasteiger partial charge >= 0.3 is 0 Å². The molecule has 3 aromatic rings. The third-order valence-electron chi connectivity index (χ3n) is 5.14. The summed E-state index contributed by atoms with van der Waals surface area (Å²) in [6, 6.07) is 10.1. The Morgan fingerprint density at radius 2 is 1.97 bits per heavy atom. The lowest BCUT2D eigenvalue weighted by molar-refractivity contribution is 0.0944. The fourth-order valence-electron chi connectivity index (χ4n) is 3.56. The van der Waals surface area contributed by atoms with Crippen LogP contribution in [-0.2, 0) is 13.0 Å². The molecule has 3 N–H and O–H groups in total. The van der Waals surface area contributed by atoms with Crippen LogP contribution in [0.2, 0.25) is 0 Å². The van der Waals surface area contributed by atoms with Crippen LogP contribution < -0.4 is 11.2 Å². The molecule has 170 valence electrons. The molecule has 1 fully saturated rings. The highest BCUT2D eigenvalue weighted by Gasteiger charge is 2.26. The van der Waals surface area contributed by atoms with Crippen molar-refractivity contribution in [3.05, 3.63) is 47.3 Å². The average molecular weight is 460 g/mol. The Hall–Kier alpha value is -3.31. The first kappa shape index (κ1) is 23.4. The van der Waals surface area contributed by atoms with Crippen LogP contribution in [0.15, 0.2) is 40.1 Å². The number of nitrogens with zero attached hydrogens (tertiary/aromatic N) is 7. The van der Waals surface area contributed by atoms with Gasteiger partial charge in [-0.2, -0.15) is 9.78 Å². The van der Waals surface area contributed by atoms with E-state index in [9.17, 15) is 4.79 Å². The minimum Gasteiger partial charge on any atom is -0.378 e. The van der Waals surface area contributed by atoms with E-state index in [1.165, 1.54) is 16.7 Å². The second-order valence-corrected chi connectivity index (χ2v) is 7.38. The third-order valence-corrected chi connectivity index (χ3v) is 5.14. The van der Waals surface area contributed by atoms with Crippen molar-refractivity contribution in [3.8, 4) is 5.82 Å². The topological polar surface area (TPSA) is 140 Å². The van der Waals surface area contributed by atoms with E-state index >= 15 is 0 Å². The van der Waals surface area contributed by atoms with Crippen LogP contribution in [0.1, 0.15) is 47.4 Å². The molecule has 1 aliphatic heterocycles. The Labute approximate surface area is 191 Å². The van der Waals surface area contributed by atoms with E-state index in [1.54, 1.807) is 6.21 Å². The van der Waals surface area contributed by atoms with Crippen LogP contribution in [0.25, 0.3) is 5.82 Å². The number of aryl methyl sites for hydroxylation is 1. The summed E-state index contributed by atoms with van der Waals surface area (Å²) in [5, 5.41) is 19.7. The first-order chi connectivity index (χ1) is 15.2. The van der Waals surface area contributed by atoms with Crippen molar-refractivity contribution >= 4 is 30.3 Å². The molecule has 0 aliphatic carbocycles. The second kappa shape index (κ2) is 11.3. The highest BCUT2D eigenvalue weighted by Crippen LogP contribution is 2.19. The van der Waals surface area contributed by atoms with Gasteiger partial charge in [-0.05, 0) is 54.6 Å². The van der Waals surface area contributed by atoms with Gasteiger partial charge in [0.05, 0.1) is 0 Å². The minimum absolute atomic E-state index is 0. The number of nitrogen functional groups attached to an aromatic ring is 1. The summed E-state index contributed by atoms with van der Waals surface area (Å²) < 4.78 is 5.91. The van der Waals surface area contributed by atoms with Gasteiger partial charge in [-0.25, -0.2) is 10.1 Å². The molecule has 12 heteroatoms. The zero-order valence-corrected chi connectivity index (χ0v) is 18.4. The van der Waals surface area contributed by atoms with E-state index in [4.69, 9.17) is 5.73 Å². The molecule has 1 aromatic carbocycles. The number of carbonyl (C=O) groups excluding carboxylic acids is 1. The molecular formula is C20H26ClN9O2. The molecule has 0 atom stereocenters. The highest BCUT2D eigenvalue weighted by molar-refractivity contribution is 5.94. The predicted octanol–water partition coefficient (Wildman–Crippen LogP) is 1.99. The molecule has 4 rings (SSSR count). The number of hydrogen-bond donors (Lipinski definition) is 2. The number of amides is 1. The smallest absolute Gasteiger partial charge is 0.292 e. The van der Waals surface area contributed by atoms with Gasteiger partial charge in [-0.1, -0.05) is 42.0 Å². The first-order valence-corrected chi connectivity index (χ1v) is 10.3. The Balaban J connectivity index is 0.00000289. The molecule has 3 heterocycles. The monoisotopic (exact) mass is 459 g/mol. The second-order valence-electron chi connectivity index (χ2n) is 7.38. The SMILES string of the molecule is Cl.Nc1nonc1-n1nnc(CN2CCCCC2)c1C(=O)N/N=C/CCc1ccccc1. The van der Waals surface area contributed by atoms with E-state index in [0.29, 0.717) is 18.7 Å². The van der Waals surface area contributed by atoms with E-state index in [-0.39, 0.29) is 29.7 Å². The molecule has 1 saturated heterocycles. The highest BCUT2D eigenvalue weighted by atomic mass is 35.5. The van der Waals surface area contributed by atoms with Crippen molar-refractivity contribution < 1.29 is 9.42 Å². The van der Waals surface area contributed by atoms with Crippen molar-refractivity contribution in [1.29, 1.82) is 0 Å². The van der Waals surface area contributed by atoms with Crippen LogP contribution in [0.4, 0.5) is 5.82 Å². The number of halogens is 1. The van der Waals surface area contributed by atoms with Gasteiger partial charge in [0.1, 0.15) is 5.69 Å². The fraction of sp³-hybridized carbons (Fsp3) is 0.400. The number of anilines is 1. The summed E-state index contributed by atoms with van der Waals surface area (Å²) in [6.45, 7) is 2.42. The molecule has 0 bridgehead atoms. The van der Waals surface area contributed by atoms with Crippen LogP contribution >= 0.6 is 12.4 Å². The van der Waals surface area contributed by atoms with Crippen molar-refractivity contribution in [3.63, 3.8) is 0 Å². The summed E-state index contributed by atoms with van der Waals surface area (Å²) in [6.07, 6.45) is 6.68. The van der Waals surface area contributed by atoms with Gasteiger partial charge in [0.25, 0.3) is 5.91 Å². The maximum absolute atomic E-state index is 13.0. The van der Waals surface area contributed by atoms with Crippen LogP contribution in [0.5, 0.6) is 0 Å². The van der Waals surface area contributed by atoms with Gasteiger partial charge in [0.2, 0.25) is 11.6 Å². The number of hydrogen-bond acceptors (Lipinski definition) is 9. The summed E-state index contributed by atoms with van der Waals surface area (Å²) >= 11 is 0. The summed E-state index contributed by atoms with van der Waals surface area (Å²) in [5.74, 6) is -0.305. The van der Waals surface area contributed by atoms with Gasteiger partial charge in [-0.3, -0.25) is 9.69 Å². The number of benzene rings is 1. The molecule has 32 heavy (non-hydrogen) atoms.